The van der Waals surface area contributed by atoms with Gasteiger partial charge in [-0.2, -0.15) is 0 Å². The fourth-order valence-electron chi connectivity index (χ4n) is 3.08. The Morgan fingerprint density at radius 2 is 2.22 bits per heavy atom. The largest absolute Gasteiger partial charge is 0.372 e. The van der Waals surface area contributed by atoms with Crippen LogP contribution in [0.2, 0.25) is 0 Å². The fourth-order valence-corrected chi connectivity index (χ4v) is 3.08. The van der Waals surface area contributed by atoms with Crippen molar-refractivity contribution in [1.29, 1.82) is 0 Å². The Hall–Kier alpha value is -1.81. The summed E-state index contributed by atoms with van der Waals surface area (Å²) in [5.74, 6) is 0. The molecule has 0 aliphatic carbocycles. The maximum absolute atomic E-state index is 4.69. The summed E-state index contributed by atoms with van der Waals surface area (Å²) in [5.41, 5.74) is 6.62. The zero-order valence-corrected chi connectivity index (χ0v) is 15.1. The lowest BCUT2D eigenvalue weighted by molar-refractivity contribution is 0.430. The van der Waals surface area contributed by atoms with Gasteiger partial charge >= 0.3 is 0 Å². The summed E-state index contributed by atoms with van der Waals surface area (Å²) in [6.45, 7) is 8.31. The van der Waals surface area contributed by atoms with Crippen LogP contribution in [0.3, 0.4) is 0 Å². The molecule has 0 saturated carbocycles. The van der Waals surface area contributed by atoms with E-state index < -0.39 is 0 Å². The lowest BCUT2D eigenvalue weighted by Gasteiger charge is -2.28. The van der Waals surface area contributed by atoms with Gasteiger partial charge in [-0.15, -0.1) is 0 Å². The molecule has 0 aromatic heterocycles. The molecule has 2 aliphatic heterocycles. The monoisotopic (exact) mass is 314 g/mol. The van der Waals surface area contributed by atoms with Gasteiger partial charge in [0.1, 0.15) is 0 Å². The average Bonchev–Trinajstić information content (AvgIpc) is 2.53. The topological polar surface area (TPSA) is 39.7 Å². The van der Waals surface area contributed by atoms with Crippen LogP contribution in [-0.4, -0.2) is 44.3 Å². The minimum atomic E-state index is 0.232. The molecular weight excluding hydrogens is 284 g/mol. The standard InChI is InChI=1S/C19H30N4/c1-6-7-16-13-23(5)17(10-14(16)2)11-21-12-18-15(3)22-9-8-19(18)20-4/h8-10,12,19-20,22H,6-7,11,13H2,1-5H3. The second-order valence-electron chi connectivity index (χ2n) is 6.35. The Kier molecular flexibility index (Phi) is 6.22. The third-order valence-corrected chi connectivity index (χ3v) is 4.56. The van der Waals surface area contributed by atoms with Gasteiger partial charge in [0.2, 0.25) is 0 Å². The van der Waals surface area contributed by atoms with Crippen molar-refractivity contribution < 1.29 is 0 Å². The highest BCUT2D eigenvalue weighted by atomic mass is 15.1. The average molecular weight is 314 g/mol. The Labute approximate surface area is 140 Å². The molecule has 0 saturated heterocycles. The van der Waals surface area contributed by atoms with E-state index in [4.69, 9.17) is 4.99 Å². The highest BCUT2D eigenvalue weighted by Crippen LogP contribution is 2.22. The van der Waals surface area contributed by atoms with Crippen LogP contribution in [0, 0.1) is 0 Å². The molecule has 4 nitrogen and oxygen atoms in total. The summed E-state index contributed by atoms with van der Waals surface area (Å²) in [5, 5.41) is 6.56. The molecule has 0 spiro atoms. The van der Waals surface area contributed by atoms with E-state index in [0.29, 0.717) is 0 Å². The summed E-state index contributed by atoms with van der Waals surface area (Å²) < 4.78 is 0. The second kappa shape index (κ2) is 8.16. The Morgan fingerprint density at radius 3 is 2.91 bits per heavy atom. The van der Waals surface area contributed by atoms with Crippen LogP contribution in [-0.2, 0) is 0 Å². The maximum atomic E-state index is 4.69. The number of allylic oxidation sites excluding steroid dienone is 3. The summed E-state index contributed by atoms with van der Waals surface area (Å²) in [7, 11) is 4.14. The van der Waals surface area contributed by atoms with E-state index in [2.05, 4.69) is 55.5 Å². The molecule has 0 bridgehead atoms. The van der Waals surface area contributed by atoms with Crippen LogP contribution in [0.1, 0.15) is 33.6 Å². The second-order valence-corrected chi connectivity index (χ2v) is 6.35. The van der Waals surface area contributed by atoms with Crippen LogP contribution in [0.5, 0.6) is 0 Å². The van der Waals surface area contributed by atoms with E-state index in [1.807, 2.05) is 19.5 Å². The van der Waals surface area contributed by atoms with Crippen molar-refractivity contribution in [2.24, 2.45) is 4.99 Å². The summed E-state index contributed by atoms with van der Waals surface area (Å²) in [6, 6.07) is 0.232. The highest BCUT2D eigenvalue weighted by Gasteiger charge is 2.15. The summed E-state index contributed by atoms with van der Waals surface area (Å²) in [6.07, 6.45) is 10.8. The molecule has 0 radical (unpaired) electrons. The SMILES string of the molecule is CCCC1=C(C)C=C(CN=CC2=C(C)NC=CC2NC)N(C)C1. The minimum Gasteiger partial charge on any atom is -0.372 e. The molecule has 23 heavy (non-hydrogen) atoms. The molecule has 0 amide bonds. The quantitative estimate of drug-likeness (QED) is 0.741. The maximum Gasteiger partial charge on any atom is 0.0788 e. The number of aliphatic imine (C=N–C) groups is 1. The van der Waals surface area contributed by atoms with Crippen LogP contribution in [0.25, 0.3) is 0 Å². The smallest absolute Gasteiger partial charge is 0.0788 e. The van der Waals surface area contributed by atoms with E-state index in [0.717, 1.165) is 18.8 Å². The molecule has 126 valence electrons. The Morgan fingerprint density at radius 1 is 1.43 bits per heavy atom. The molecular formula is C19H30N4. The van der Waals surface area contributed by atoms with Crippen molar-refractivity contribution in [1.82, 2.24) is 15.5 Å². The molecule has 2 aliphatic rings. The van der Waals surface area contributed by atoms with Crippen molar-refractivity contribution in [3.05, 3.63) is 46.5 Å². The van der Waals surface area contributed by atoms with Crippen molar-refractivity contribution >= 4 is 6.21 Å². The molecule has 0 aromatic carbocycles. The van der Waals surface area contributed by atoms with Gasteiger partial charge in [0.15, 0.2) is 0 Å². The van der Waals surface area contributed by atoms with Gasteiger partial charge in [-0.25, -0.2) is 0 Å². The first-order valence-corrected chi connectivity index (χ1v) is 8.48. The van der Waals surface area contributed by atoms with Crippen molar-refractivity contribution in [3.8, 4) is 0 Å². The number of nitrogens with one attached hydrogen (secondary N) is 2. The van der Waals surface area contributed by atoms with E-state index in [1.165, 1.54) is 29.7 Å². The van der Waals surface area contributed by atoms with Crippen LogP contribution in [0.4, 0.5) is 0 Å². The summed E-state index contributed by atoms with van der Waals surface area (Å²) >= 11 is 0. The lowest BCUT2D eigenvalue weighted by Crippen LogP contribution is -2.32. The first-order valence-electron chi connectivity index (χ1n) is 8.48. The van der Waals surface area contributed by atoms with Gasteiger partial charge < -0.3 is 15.5 Å². The van der Waals surface area contributed by atoms with E-state index in [-0.39, 0.29) is 6.04 Å². The predicted octanol–water partition coefficient (Wildman–Crippen LogP) is 2.98. The normalized spacial score (nSPS) is 22.0. The van der Waals surface area contributed by atoms with Crippen LogP contribution in [0.15, 0.2) is 51.5 Å². The van der Waals surface area contributed by atoms with Gasteiger partial charge in [0.05, 0.1) is 12.6 Å². The van der Waals surface area contributed by atoms with E-state index >= 15 is 0 Å². The van der Waals surface area contributed by atoms with Crippen molar-refractivity contribution in [2.45, 2.75) is 39.7 Å². The number of hydrogen-bond donors (Lipinski definition) is 2. The molecule has 4 heteroatoms. The first-order chi connectivity index (χ1) is 11.1. The predicted molar refractivity (Wildman–Crippen MR) is 99.5 cm³/mol. The highest BCUT2D eigenvalue weighted by molar-refractivity contribution is 5.82. The molecule has 0 fully saturated rings. The minimum absolute atomic E-state index is 0.232. The van der Waals surface area contributed by atoms with Crippen molar-refractivity contribution in [2.75, 3.05) is 27.2 Å². The number of nitrogens with zero attached hydrogens (tertiary/aromatic N) is 2. The molecule has 2 heterocycles. The number of dihydropyridines is 1. The van der Waals surface area contributed by atoms with E-state index in [1.54, 1.807) is 5.57 Å². The number of likely N-dealkylation sites (N-methyl/N-ethyl adjacent to an activating group) is 2. The third-order valence-electron chi connectivity index (χ3n) is 4.56. The first kappa shape index (κ1) is 17.5. The molecule has 2 rings (SSSR count). The zero-order valence-electron chi connectivity index (χ0n) is 15.1. The van der Waals surface area contributed by atoms with E-state index in [9.17, 15) is 0 Å². The Balaban J connectivity index is 2.07. The van der Waals surface area contributed by atoms with Crippen LogP contribution >= 0.6 is 0 Å². The number of rotatable bonds is 6. The molecule has 0 aromatic rings. The lowest BCUT2D eigenvalue weighted by atomic mass is 9.99. The van der Waals surface area contributed by atoms with Crippen molar-refractivity contribution in [3.63, 3.8) is 0 Å². The van der Waals surface area contributed by atoms with Gasteiger partial charge in [0.25, 0.3) is 0 Å². The van der Waals surface area contributed by atoms with Gasteiger partial charge in [-0.3, -0.25) is 4.99 Å². The third kappa shape index (κ3) is 4.35. The molecule has 1 unspecified atom stereocenters. The van der Waals surface area contributed by atoms with Gasteiger partial charge in [-0.1, -0.05) is 13.3 Å². The van der Waals surface area contributed by atoms with Gasteiger partial charge in [-0.05, 0) is 56.8 Å². The van der Waals surface area contributed by atoms with Crippen LogP contribution < -0.4 is 10.6 Å². The van der Waals surface area contributed by atoms with Gasteiger partial charge in [0, 0.05) is 36.8 Å². The summed E-state index contributed by atoms with van der Waals surface area (Å²) in [4.78, 5) is 7.02. The fraction of sp³-hybridized carbons (Fsp3) is 0.526. The number of hydrogen-bond acceptors (Lipinski definition) is 4. The molecule has 2 N–H and O–H groups in total. The molecule has 1 atom stereocenters. The zero-order chi connectivity index (χ0) is 16.8. The Bertz CT molecular complexity index is 578.